The van der Waals surface area contributed by atoms with Crippen molar-refractivity contribution in [2.75, 3.05) is 40.0 Å². The van der Waals surface area contributed by atoms with Crippen LogP contribution >= 0.6 is 0 Å². The summed E-state index contributed by atoms with van der Waals surface area (Å²) in [5, 5.41) is 0. The van der Waals surface area contributed by atoms with Crippen molar-refractivity contribution in [1.82, 2.24) is 4.90 Å². The van der Waals surface area contributed by atoms with Crippen molar-refractivity contribution in [2.24, 2.45) is 0 Å². The fourth-order valence-corrected chi connectivity index (χ4v) is 6.70. The molecule has 0 rings (SSSR count). The Labute approximate surface area is 324 Å². The van der Waals surface area contributed by atoms with Gasteiger partial charge in [-0.3, -0.25) is 9.59 Å². The van der Waals surface area contributed by atoms with Crippen LogP contribution in [0.2, 0.25) is 0 Å². The predicted octanol–water partition coefficient (Wildman–Crippen LogP) is 12.9. The zero-order chi connectivity index (χ0) is 38.0. The SMILES string of the molecule is CCCCC#CCCCOC(=O)CCCCCCCCCCCCCN(CCCCCCCC(=O)OC(CCCC)CCCCCC)CCCOC. The summed E-state index contributed by atoms with van der Waals surface area (Å²) in [4.78, 5) is 27.0. The van der Waals surface area contributed by atoms with Crippen molar-refractivity contribution in [1.29, 1.82) is 0 Å². The van der Waals surface area contributed by atoms with Crippen molar-refractivity contribution in [3.05, 3.63) is 0 Å². The van der Waals surface area contributed by atoms with Gasteiger partial charge >= 0.3 is 11.9 Å². The second kappa shape index (κ2) is 42.2. The van der Waals surface area contributed by atoms with Gasteiger partial charge < -0.3 is 19.1 Å². The van der Waals surface area contributed by atoms with Crippen LogP contribution in [0.4, 0.5) is 0 Å². The molecule has 0 N–H and O–H groups in total. The fraction of sp³-hybridized carbons (Fsp3) is 0.913. The van der Waals surface area contributed by atoms with E-state index in [0.717, 1.165) is 90.2 Å². The molecule has 0 aromatic heterocycles. The predicted molar refractivity (Wildman–Crippen MR) is 222 cm³/mol. The zero-order valence-corrected chi connectivity index (χ0v) is 35.2. The molecule has 6 nitrogen and oxygen atoms in total. The molecular weight excluding hydrogens is 647 g/mol. The summed E-state index contributed by atoms with van der Waals surface area (Å²) in [7, 11) is 1.80. The first-order valence-corrected chi connectivity index (χ1v) is 22.6. The van der Waals surface area contributed by atoms with E-state index in [2.05, 4.69) is 37.5 Å². The number of carbonyl (C=O) groups is 2. The zero-order valence-electron chi connectivity index (χ0n) is 35.2. The summed E-state index contributed by atoms with van der Waals surface area (Å²) >= 11 is 0. The molecule has 6 heteroatoms. The van der Waals surface area contributed by atoms with Crippen LogP contribution in [0.25, 0.3) is 0 Å². The van der Waals surface area contributed by atoms with E-state index in [1.54, 1.807) is 7.11 Å². The number of methoxy groups -OCH3 is 1. The molecule has 0 radical (unpaired) electrons. The van der Waals surface area contributed by atoms with E-state index in [1.807, 2.05) is 0 Å². The summed E-state index contributed by atoms with van der Waals surface area (Å²) < 4.78 is 16.6. The minimum atomic E-state index is -0.0432. The number of unbranched alkanes of at least 4 members (excludes halogenated alkanes) is 21. The molecule has 0 amide bonds. The Morgan fingerprint density at radius 1 is 0.481 bits per heavy atom. The average Bonchev–Trinajstić information content (AvgIpc) is 3.14. The van der Waals surface area contributed by atoms with E-state index in [-0.39, 0.29) is 18.0 Å². The van der Waals surface area contributed by atoms with Gasteiger partial charge in [0.25, 0.3) is 0 Å². The van der Waals surface area contributed by atoms with Gasteiger partial charge in [-0.1, -0.05) is 136 Å². The summed E-state index contributed by atoms with van der Waals surface area (Å²) in [6, 6.07) is 0. The summed E-state index contributed by atoms with van der Waals surface area (Å²) in [6.45, 7) is 11.5. The topological polar surface area (TPSA) is 65.1 Å². The lowest BCUT2D eigenvalue weighted by atomic mass is 10.0. The van der Waals surface area contributed by atoms with Gasteiger partial charge in [-0.25, -0.2) is 0 Å². The Morgan fingerprint density at radius 2 is 0.942 bits per heavy atom. The van der Waals surface area contributed by atoms with Crippen LogP contribution in [0.1, 0.15) is 226 Å². The number of esters is 2. The smallest absolute Gasteiger partial charge is 0.306 e. The second-order valence-electron chi connectivity index (χ2n) is 15.2. The Bertz CT molecular complexity index is 821. The van der Waals surface area contributed by atoms with Gasteiger partial charge in [0.15, 0.2) is 0 Å². The highest BCUT2D eigenvalue weighted by Crippen LogP contribution is 2.17. The molecule has 0 bridgehead atoms. The Balaban J connectivity index is 3.82. The normalized spacial score (nSPS) is 11.8. The third-order valence-electron chi connectivity index (χ3n) is 10.1. The van der Waals surface area contributed by atoms with Gasteiger partial charge in [-0.15, -0.1) is 11.8 Å². The van der Waals surface area contributed by atoms with Crippen molar-refractivity contribution < 1.29 is 23.8 Å². The fourth-order valence-electron chi connectivity index (χ4n) is 6.70. The number of nitrogens with zero attached hydrogens (tertiary/aromatic N) is 1. The molecule has 0 aliphatic heterocycles. The Kier molecular flexibility index (Phi) is 40.9. The highest BCUT2D eigenvalue weighted by molar-refractivity contribution is 5.69. The van der Waals surface area contributed by atoms with Gasteiger partial charge in [0.1, 0.15) is 6.10 Å². The standard InChI is InChI=1S/C46H87NO5/c1-5-8-11-13-21-27-33-43-51-45(48)37-29-23-19-17-15-14-16-18-20-25-31-39-47(41-34-42-50-4)40-32-26-22-24-30-38-46(49)52-44(35-10-7-3)36-28-12-9-6-2/h44H,5-12,14-20,22-43H2,1-4H3. The lowest BCUT2D eigenvalue weighted by Gasteiger charge is -2.22. The Hall–Kier alpha value is -1.58. The third-order valence-corrected chi connectivity index (χ3v) is 10.1. The summed E-state index contributed by atoms with van der Waals surface area (Å²) in [5.41, 5.74) is 0. The third kappa shape index (κ3) is 38.2. The quantitative estimate of drug-likeness (QED) is 0.0355. The number of hydrogen-bond acceptors (Lipinski definition) is 6. The highest BCUT2D eigenvalue weighted by Gasteiger charge is 2.14. The van der Waals surface area contributed by atoms with Gasteiger partial charge in [-0.2, -0.15) is 0 Å². The van der Waals surface area contributed by atoms with E-state index in [9.17, 15) is 9.59 Å². The molecule has 0 saturated carbocycles. The van der Waals surface area contributed by atoms with Crippen molar-refractivity contribution in [2.45, 2.75) is 232 Å². The van der Waals surface area contributed by atoms with E-state index < -0.39 is 0 Å². The second-order valence-corrected chi connectivity index (χ2v) is 15.2. The van der Waals surface area contributed by atoms with Crippen molar-refractivity contribution >= 4 is 11.9 Å². The van der Waals surface area contributed by atoms with Gasteiger partial charge in [0.05, 0.1) is 6.61 Å². The van der Waals surface area contributed by atoms with Gasteiger partial charge in [0, 0.05) is 45.9 Å². The molecule has 1 unspecified atom stereocenters. The molecule has 0 spiro atoms. The highest BCUT2D eigenvalue weighted by atomic mass is 16.5. The first-order valence-electron chi connectivity index (χ1n) is 22.6. The van der Waals surface area contributed by atoms with Crippen LogP contribution < -0.4 is 0 Å². The lowest BCUT2D eigenvalue weighted by Crippen LogP contribution is -2.28. The maximum Gasteiger partial charge on any atom is 0.306 e. The van der Waals surface area contributed by atoms with E-state index in [1.165, 1.54) is 129 Å². The molecule has 0 saturated heterocycles. The number of hydrogen-bond donors (Lipinski definition) is 0. The van der Waals surface area contributed by atoms with Gasteiger partial charge in [-0.05, 0) is 77.3 Å². The van der Waals surface area contributed by atoms with Crippen LogP contribution in [0.3, 0.4) is 0 Å². The van der Waals surface area contributed by atoms with Crippen LogP contribution in [0.15, 0.2) is 0 Å². The maximum atomic E-state index is 12.5. The first-order chi connectivity index (χ1) is 25.6. The molecule has 0 aliphatic rings. The average molecular weight is 734 g/mol. The van der Waals surface area contributed by atoms with Crippen LogP contribution in [0, 0.1) is 11.8 Å². The summed E-state index contributed by atoms with van der Waals surface area (Å²) in [6.07, 6.45) is 36.4. The Morgan fingerprint density at radius 3 is 1.50 bits per heavy atom. The monoisotopic (exact) mass is 734 g/mol. The van der Waals surface area contributed by atoms with Gasteiger partial charge in [0.2, 0.25) is 0 Å². The molecule has 0 fully saturated rings. The number of carbonyl (C=O) groups excluding carboxylic acids is 2. The maximum absolute atomic E-state index is 12.5. The first kappa shape index (κ1) is 50.4. The van der Waals surface area contributed by atoms with Crippen LogP contribution in [0.5, 0.6) is 0 Å². The molecule has 0 aromatic carbocycles. The molecular formula is C46H87NO5. The molecule has 52 heavy (non-hydrogen) atoms. The molecule has 306 valence electrons. The lowest BCUT2D eigenvalue weighted by molar-refractivity contribution is -0.150. The van der Waals surface area contributed by atoms with Crippen LogP contribution in [-0.2, 0) is 23.8 Å². The van der Waals surface area contributed by atoms with E-state index in [0.29, 0.717) is 19.4 Å². The molecule has 0 heterocycles. The van der Waals surface area contributed by atoms with Crippen LogP contribution in [-0.4, -0.2) is 62.9 Å². The molecule has 1 atom stereocenters. The minimum absolute atomic E-state index is 0.0226. The van der Waals surface area contributed by atoms with Crippen molar-refractivity contribution in [3.63, 3.8) is 0 Å². The largest absolute Gasteiger partial charge is 0.466 e. The summed E-state index contributed by atoms with van der Waals surface area (Å²) in [5.74, 6) is 6.33. The number of rotatable bonds is 40. The van der Waals surface area contributed by atoms with E-state index >= 15 is 0 Å². The minimum Gasteiger partial charge on any atom is -0.466 e. The molecule has 0 aromatic rings. The molecule has 0 aliphatic carbocycles. The van der Waals surface area contributed by atoms with Crippen molar-refractivity contribution in [3.8, 4) is 11.8 Å². The van der Waals surface area contributed by atoms with E-state index in [4.69, 9.17) is 14.2 Å². The number of ether oxygens (including phenoxy) is 3.